The molecule has 0 aliphatic carbocycles. The number of rotatable bonds is 7. The molecule has 0 aliphatic rings. The summed E-state index contributed by atoms with van der Waals surface area (Å²) in [6.07, 6.45) is 3.69. The Morgan fingerprint density at radius 2 is 1.00 bits per heavy atom. The molecule has 238 valence electrons. The van der Waals surface area contributed by atoms with Crippen LogP contribution in [-0.4, -0.2) is 16.5 Å². The third kappa shape index (κ3) is 6.25. The van der Waals surface area contributed by atoms with Crippen LogP contribution in [0.2, 0.25) is 0 Å². The van der Waals surface area contributed by atoms with Gasteiger partial charge in [0.05, 0.1) is 6.54 Å². The zero-order valence-electron chi connectivity index (χ0n) is 27.9. The molecule has 0 fully saturated rings. The van der Waals surface area contributed by atoms with Crippen LogP contribution in [0.25, 0.3) is 54.9 Å². The Hall–Kier alpha value is -6.45. The highest BCUT2D eigenvalue weighted by atomic mass is 14.9. The number of aromatic nitrogens is 1. The van der Waals surface area contributed by atoms with Crippen LogP contribution in [-0.2, 0) is 6.54 Å². The summed E-state index contributed by atoms with van der Waals surface area (Å²) in [6, 6.07) is 59.8. The second-order valence-corrected chi connectivity index (χ2v) is 12.4. The highest BCUT2D eigenvalue weighted by Gasteiger charge is 2.17. The molecule has 8 rings (SSSR count). The lowest BCUT2D eigenvalue weighted by Crippen LogP contribution is -2.05. The van der Waals surface area contributed by atoms with Crippen molar-refractivity contribution in [2.75, 3.05) is 0 Å². The fourth-order valence-electron chi connectivity index (χ4n) is 6.79. The first-order chi connectivity index (χ1) is 24.7. The fraction of sp³-hybridized carbons (Fsp3) is 0.0426. The van der Waals surface area contributed by atoms with Crippen LogP contribution in [0.15, 0.2) is 192 Å². The third-order valence-corrected chi connectivity index (χ3v) is 9.21. The monoisotopic (exact) mass is 641 g/mol. The summed E-state index contributed by atoms with van der Waals surface area (Å²) in [7, 11) is 0. The summed E-state index contributed by atoms with van der Waals surface area (Å²) in [4.78, 5) is 14.6. The molecule has 1 heterocycles. The Kier molecular flexibility index (Phi) is 8.61. The van der Waals surface area contributed by atoms with Crippen molar-refractivity contribution < 1.29 is 0 Å². The van der Waals surface area contributed by atoms with Gasteiger partial charge in [0.2, 0.25) is 0 Å². The summed E-state index contributed by atoms with van der Waals surface area (Å²) in [5, 5.41) is 4.95. The Bertz CT molecular complexity index is 2440. The summed E-state index contributed by atoms with van der Waals surface area (Å²) in [5.74, 6) is 0.700. The minimum Gasteiger partial charge on any atom is -0.264 e. The molecule has 0 amide bonds. The highest BCUT2D eigenvalue weighted by Crippen LogP contribution is 2.43. The smallest absolute Gasteiger partial charge is 0.155 e. The Balaban J connectivity index is 1.25. The predicted molar refractivity (Wildman–Crippen MR) is 211 cm³/mol. The molecule has 0 spiro atoms. The van der Waals surface area contributed by atoms with E-state index in [0.29, 0.717) is 12.4 Å². The van der Waals surface area contributed by atoms with Gasteiger partial charge in [0, 0.05) is 29.2 Å². The molecule has 0 unspecified atom stereocenters. The average Bonchev–Trinajstić information content (AvgIpc) is 3.19. The molecule has 0 bridgehead atoms. The van der Waals surface area contributed by atoms with Crippen molar-refractivity contribution in [3.63, 3.8) is 0 Å². The number of nitrogens with zero attached hydrogens (tertiary/aromatic N) is 3. The zero-order chi connectivity index (χ0) is 33.7. The minimum absolute atomic E-state index is 0.538. The first-order valence-electron chi connectivity index (χ1n) is 17.0. The average molecular weight is 642 g/mol. The van der Waals surface area contributed by atoms with Gasteiger partial charge in [-0.05, 0) is 85.6 Å². The van der Waals surface area contributed by atoms with Gasteiger partial charge in [-0.15, -0.1) is 0 Å². The van der Waals surface area contributed by atoms with Crippen LogP contribution in [0.3, 0.4) is 0 Å². The summed E-state index contributed by atoms with van der Waals surface area (Å²) < 4.78 is 0. The standard InChI is InChI=1S/C47H35N3/c1-33(50-47(49-31-34-15-4-2-5-16-34)39-22-13-20-37(30-39)40-23-14-28-48-32-40)36-19-12-21-38(29-36)46-43-26-10-8-24-41(43)45(35-17-6-3-7-18-35)42-25-9-11-27-44(42)46/h2-30,32H,31H2,1H3. The van der Waals surface area contributed by atoms with E-state index in [0.717, 1.165) is 39.1 Å². The molecule has 1 aromatic heterocycles. The minimum atomic E-state index is 0.538. The van der Waals surface area contributed by atoms with Crippen LogP contribution in [0.5, 0.6) is 0 Å². The van der Waals surface area contributed by atoms with Gasteiger partial charge in [0.15, 0.2) is 5.84 Å². The van der Waals surface area contributed by atoms with Gasteiger partial charge < -0.3 is 0 Å². The molecule has 3 heteroatoms. The third-order valence-electron chi connectivity index (χ3n) is 9.21. The zero-order valence-corrected chi connectivity index (χ0v) is 27.9. The molecule has 3 nitrogen and oxygen atoms in total. The van der Waals surface area contributed by atoms with Gasteiger partial charge >= 0.3 is 0 Å². The van der Waals surface area contributed by atoms with E-state index in [4.69, 9.17) is 9.98 Å². The van der Waals surface area contributed by atoms with Crippen LogP contribution in [0.1, 0.15) is 23.6 Å². The molecule has 0 N–H and O–H groups in total. The number of benzene rings is 7. The van der Waals surface area contributed by atoms with Crippen molar-refractivity contribution in [1.29, 1.82) is 0 Å². The van der Waals surface area contributed by atoms with E-state index in [1.165, 1.54) is 38.2 Å². The maximum atomic E-state index is 5.23. The molecule has 8 aromatic rings. The van der Waals surface area contributed by atoms with Crippen LogP contribution < -0.4 is 0 Å². The molecule has 7 aromatic carbocycles. The van der Waals surface area contributed by atoms with Crippen LogP contribution in [0.4, 0.5) is 0 Å². The van der Waals surface area contributed by atoms with Crippen molar-refractivity contribution in [3.05, 3.63) is 199 Å². The Labute approximate surface area is 293 Å². The van der Waals surface area contributed by atoms with Crippen molar-refractivity contribution in [2.45, 2.75) is 13.5 Å². The van der Waals surface area contributed by atoms with Crippen molar-refractivity contribution in [1.82, 2.24) is 4.98 Å². The van der Waals surface area contributed by atoms with Crippen molar-refractivity contribution >= 4 is 33.1 Å². The van der Waals surface area contributed by atoms with Gasteiger partial charge in [-0.25, -0.2) is 4.99 Å². The van der Waals surface area contributed by atoms with Gasteiger partial charge in [-0.2, -0.15) is 0 Å². The molecule has 50 heavy (non-hydrogen) atoms. The second-order valence-electron chi connectivity index (χ2n) is 12.4. The highest BCUT2D eigenvalue weighted by molar-refractivity contribution is 6.21. The predicted octanol–water partition coefficient (Wildman–Crippen LogP) is 11.8. The molecular weight excluding hydrogens is 607 g/mol. The van der Waals surface area contributed by atoms with Gasteiger partial charge in [-0.1, -0.05) is 152 Å². The number of hydrogen-bond donors (Lipinski definition) is 0. The maximum Gasteiger partial charge on any atom is 0.155 e. The quantitative estimate of drug-likeness (QED) is 0.0969. The van der Waals surface area contributed by atoms with Crippen molar-refractivity contribution in [2.24, 2.45) is 9.98 Å². The van der Waals surface area contributed by atoms with E-state index in [-0.39, 0.29) is 0 Å². The SMILES string of the molecule is CC(=NC(=NCc1ccccc1)c1cccc(-c2cccnc2)c1)c1cccc(-c2c3ccccc3c(-c3ccccc3)c3ccccc23)c1. The van der Waals surface area contributed by atoms with E-state index < -0.39 is 0 Å². The first kappa shape index (κ1) is 30.9. The molecule has 0 saturated heterocycles. The molecule has 0 aliphatic heterocycles. The van der Waals surface area contributed by atoms with Gasteiger partial charge in [0.1, 0.15) is 0 Å². The summed E-state index contributed by atoms with van der Waals surface area (Å²) in [6.45, 7) is 2.62. The van der Waals surface area contributed by atoms with Crippen LogP contribution in [0, 0.1) is 0 Å². The number of pyridine rings is 1. The number of fused-ring (bicyclic) bond motifs is 2. The lowest BCUT2D eigenvalue weighted by atomic mass is 9.85. The number of amidine groups is 1. The fourth-order valence-corrected chi connectivity index (χ4v) is 6.79. The van der Waals surface area contributed by atoms with E-state index in [9.17, 15) is 0 Å². The Morgan fingerprint density at radius 1 is 0.480 bits per heavy atom. The second kappa shape index (κ2) is 14.0. The van der Waals surface area contributed by atoms with E-state index >= 15 is 0 Å². The maximum absolute atomic E-state index is 5.23. The lowest BCUT2D eigenvalue weighted by Gasteiger charge is -2.18. The van der Waals surface area contributed by atoms with E-state index in [1.54, 1.807) is 6.20 Å². The first-order valence-corrected chi connectivity index (χ1v) is 17.0. The largest absolute Gasteiger partial charge is 0.264 e. The van der Waals surface area contributed by atoms with Gasteiger partial charge in [0.25, 0.3) is 0 Å². The topological polar surface area (TPSA) is 37.6 Å². The molecule has 0 saturated carbocycles. The van der Waals surface area contributed by atoms with Crippen molar-refractivity contribution in [3.8, 4) is 33.4 Å². The number of hydrogen-bond acceptors (Lipinski definition) is 2. The molecule has 0 radical (unpaired) electrons. The molecule has 0 atom stereocenters. The normalized spacial score (nSPS) is 12.0. The summed E-state index contributed by atoms with van der Waals surface area (Å²) >= 11 is 0. The van der Waals surface area contributed by atoms with Gasteiger partial charge in [-0.3, -0.25) is 9.98 Å². The van der Waals surface area contributed by atoms with Crippen LogP contribution >= 0.6 is 0 Å². The number of aliphatic imine (C=N–C) groups is 2. The lowest BCUT2D eigenvalue weighted by molar-refractivity contribution is 1.06. The Morgan fingerprint density at radius 3 is 1.64 bits per heavy atom. The molecular formula is C47H35N3. The van der Waals surface area contributed by atoms with E-state index in [1.807, 2.05) is 30.5 Å². The van der Waals surface area contributed by atoms with E-state index in [2.05, 4.69) is 158 Å². The summed E-state index contributed by atoms with van der Waals surface area (Å²) in [5.41, 5.74) is 11.1.